The first-order chi connectivity index (χ1) is 17.0. The Balaban J connectivity index is 2.30. The Morgan fingerprint density at radius 1 is 1.14 bits per heavy atom. The molecule has 1 unspecified atom stereocenters. The maximum Gasteiger partial charge on any atom is 0.417 e. The van der Waals surface area contributed by atoms with E-state index in [1.807, 2.05) is 30.3 Å². The first-order valence-corrected chi connectivity index (χ1v) is 11.8. The summed E-state index contributed by atoms with van der Waals surface area (Å²) in [4.78, 5) is 65.8. The van der Waals surface area contributed by atoms with E-state index in [9.17, 15) is 24.0 Å². The highest BCUT2D eigenvalue weighted by atomic mass is 16.6. The molecular weight excluding hydrogens is 468 g/mol. The van der Waals surface area contributed by atoms with Crippen molar-refractivity contribution in [2.45, 2.75) is 58.7 Å². The highest BCUT2D eigenvalue weighted by Crippen LogP contribution is 2.30. The normalized spacial score (nSPS) is 17.7. The second kappa shape index (κ2) is 12.9. The standard InChI is InChI=1S/C26H34N2O8/c1-6-35-24(32)20-16-19(23(31)28(20)25(33)36-26(2,3)4)22(30)27(15-11-10-14-21(29)34-5)17-18-12-8-7-9-13-18/h7-10,12-14,19-20H,6,11,15-17H2,1-5H3/b14-10-/t19?,20-/m1/s1. The molecule has 10 nitrogen and oxygen atoms in total. The first kappa shape index (κ1) is 28.5. The van der Waals surface area contributed by atoms with Gasteiger partial charge in [0.05, 0.1) is 13.7 Å². The number of esters is 2. The van der Waals surface area contributed by atoms with E-state index in [0.29, 0.717) is 11.3 Å². The fourth-order valence-electron chi connectivity index (χ4n) is 3.70. The van der Waals surface area contributed by atoms with Gasteiger partial charge in [-0.1, -0.05) is 36.4 Å². The van der Waals surface area contributed by atoms with E-state index in [4.69, 9.17) is 9.47 Å². The summed E-state index contributed by atoms with van der Waals surface area (Å²) in [6.45, 7) is 6.97. The molecule has 1 aliphatic rings. The Hall–Kier alpha value is -3.69. The van der Waals surface area contributed by atoms with Crippen molar-refractivity contribution in [3.05, 3.63) is 48.0 Å². The van der Waals surface area contributed by atoms with Crippen molar-refractivity contribution in [1.82, 2.24) is 9.80 Å². The number of methoxy groups -OCH3 is 1. The number of hydrogen-bond donors (Lipinski definition) is 0. The van der Waals surface area contributed by atoms with E-state index in [0.717, 1.165) is 5.56 Å². The van der Waals surface area contributed by atoms with E-state index in [2.05, 4.69) is 4.74 Å². The van der Waals surface area contributed by atoms with Gasteiger partial charge in [0.1, 0.15) is 17.6 Å². The minimum Gasteiger partial charge on any atom is -0.466 e. The van der Waals surface area contributed by atoms with Crippen LogP contribution in [0.1, 0.15) is 46.1 Å². The molecule has 1 aromatic rings. The largest absolute Gasteiger partial charge is 0.466 e. The molecule has 1 saturated heterocycles. The third-order valence-corrected chi connectivity index (χ3v) is 5.30. The monoisotopic (exact) mass is 502 g/mol. The van der Waals surface area contributed by atoms with Crippen LogP contribution in [0.3, 0.4) is 0 Å². The lowest BCUT2D eigenvalue weighted by Crippen LogP contribution is -2.47. The van der Waals surface area contributed by atoms with Gasteiger partial charge in [0.2, 0.25) is 11.8 Å². The van der Waals surface area contributed by atoms with Crippen LogP contribution in [0.2, 0.25) is 0 Å². The third kappa shape index (κ3) is 7.93. The summed E-state index contributed by atoms with van der Waals surface area (Å²) in [5.74, 6) is -3.90. The summed E-state index contributed by atoms with van der Waals surface area (Å²) in [5, 5.41) is 0. The molecule has 2 rings (SSSR count). The molecule has 3 amide bonds. The molecule has 0 spiro atoms. The zero-order valence-electron chi connectivity index (χ0n) is 21.4. The van der Waals surface area contributed by atoms with Crippen LogP contribution in [-0.4, -0.2) is 71.6 Å². The van der Waals surface area contributed by atoms with Crippen LogP contribution >= 0.6 is 0 Å². The lowest BCUT2D eigenvalue weighted by atomic mass is 10.0. The number of imide groups is 1. The minimum atomic E-state index is -1.26. The van der Waals surface area contributed by atoms with E-state index < -0.39 is 47.4 Å². The molecular formula is C26H34N2O8. The summed E-state index contributed by atoms with van der Waals surface area (Å²) in [5.41, 5.74) is -0.0801. The lowest BCUT2D eigenvalue weighted by molar-refractivity contribution is -0.151. The quantitative estimate of drug-likeness (QED) is 0.219. The second-order valence-corrected chi connectivity index (χ2v) is 9.20. The molecule has 196 valence electrons. The van der Waals surface area contributed by atoms with Crippen molar-refractivity contribution in [1.29, 1.82) is 0 Å². The molecule has 10 heteroatoms. The van der Waals surface area contributed by atoms with Gasteiger partial charge in [-0.05, 0) is 46.1 Å². The van der Waals surface area contributed by atoms with Crippen molar-refractivity contribution < 1.29 is 38.2 Å². The molecule has 1 fully saturated rings. The van der Waals surface area contributed by atoms with Crippen molar-refractivity contribution in [2.75, 3.05) is 20.3 Å². The van der Waals surface area contributed by atoms with Crippen molar-refractivity contribution >= 4 is 29.8 Å². The fourth-order valence-corrected chi connectivity index (χ4v) is 3.70. The van der Waals surface area contributed by atoms with Crippen molar-refractivity contribution in [3.8, 4) is 0 Å². The fraction of sp³-hybridized carbons (Fsp3) is 0.500. The predicted molar refractivity (Wildman–Crippen MR) is 129 cm³/mol. The average molecular weight is 503 g/mol. The van der Waals surface area contributed by atoms with Gasteiger partial charge in [-0.15, -0.1) is 0 Å². The van der Waals surface area contributed by atoms with Crippen LogP contribution < -0.4 is 0 Å². The lowest BCUT2D eigenvalue weighted by Gasteiger charge is -2.27. The molecule has 0 aliphatic carbocycles. The van der Waals surface area contributed by atoms with Gasteiger partial charge in [0, 0.05) is 19.2 Å². The molecule has 2 atom stereocenters. The summed E-state index contributed by atoms with van der Waals surface area (Å²) >= 11 is 0. The van der Waals surface area contributed by atoms with Crippen LogP contribution in [0.4, 0.5) is 4.79 Å². The summed E-state index contributed by atoms with van der Waals surface area (Å²) < 4.78 is 15.0. The number of likely N-dealkylation sites (tertiary alicyclic amines) is 1. The zero-order valence-corrected chi connectivity index (χ0v) is 21.4. The van der Waals surface area contributed by atoms with Crippen LogP contribution in [0.5, 0.6) is 0 Å². The van der Waals surface area contributed by atoms with Gasteiger partial charge < -0.3 is 19.1 Å². The number of nitrogens with zero attached hydrogens (tertiary/aromatic N) is 2. The van der Waals surface area contributed by atoms with E-state index in [-0.39, 0.29) is 26.1 Å². The molecule has 0 aromatic heterocycles. The molecule has 0 N–H and O–H groups in total. The van der Waals surface area contributed by atoms with Crippen LogP contribution in [-0.2, 0) is 39.9 Å². The van der Waals surface area contributed by atoms with E-state index >= 15 is 0 Å². The molecule has 0 bridgehead atoms. The Labute approximate surface area is 211 Å². The number of benzene rings is 1. The maximum atomic E-state index is 13.6. The Kier molecular flexibility index (Phi) is 10.2. The SMILES string of the molecule is CCOC(=O)[C@H]1CC(C(=O)N(CC/C=C\C(=O)OC)Cc2ccccc2)C(=O)N1C(=O)OC(C)(C)C. The highest BCUT2D eigenvalue weighted by Gasteiger charge is 2.52. The number of rotatable bonds is 9. The van der Waals surface area contributed by atoms with Crippen molar-refractivity contribution in [3.63, 3.8) is 0 Å². The molecule has 1 heterocycles. The van der Waals surface area contributed by atoms with Gasteiger partial charge in [-0.25, -0.2) is 19.3 Å². The summed E-state index contributed by atoms with van der Waals surface area (Å²) in [7, 11) is 1.26. The zero-order chi connectivity index (χ0) is 26.9. The number of carbonyl (C=O) groups excluding carboxylic acids is 5. The average Bonchev–Trinajstić information content (AvgIpc) is 3.17. The number of carbonyl (C=O) groups is 5. The second-order valence-electron chi connectivity index (χ2n) is 9.20. The van der Waals surface area contributed by atoms with Crippen LogP contribution in [0, 0.1) is 5.92 Å². The number of hydrogen-bond acceptors (Lipinski definition) is 8. The topological polar surface area (TPSA) is 120 Å². The smallest absolute Gasteiger partial charge is 0.417 e. The Morgan fingerprint density at radius 2 is 1.81 bits per heavy atom. The minimum absolute atomic E-state index is 0.0525. The molecule has 1 aliphatic heterocycles. The maximum absolute atomic E-state index is 13.6. The first-order valence-electron chi connectivity index (χ1n) is 11.8. The van der Waals surface area contributed by atoms with Gasteiger partial charge in [-0.3, -0.25) is 9.59 Å². The summed E-state index contributed by atoms with van der Waals surface area (Å²) in [6, 6.07) is 7.93. The van der Waals surface area contributed by atoms with E-state index in [1.54, 1.807) is 33.8 Å². The number of amides is 3. The summed E-state index contributed by atoms with van der Waals surface area (Å²) in [6.07, 6.45) is 1.94. The third-order valence-electron chi connectivity index (χ3n) is 5.30. The Morgan fingerprint density at radius 3 is 2.39 bits per heavy atom. The van der Waals surface area contributed by atoms with Crippen molar-refractivity contribution in [2.24, 2.45) is 5.92 Å². The van der Waals surface area contributed by atoms with Gasteiger partial charge >= 0.3 is 18.0 Å². The predicted octanol–water partition coefficient (Wildman–Crippen LogP) is 2.85. The van der Waals surface area contributed by atoms with Gasteiger partial charge in [0.25, 0.3) is 0 Å². The molecule has 36 heavy (non-hydrogen) atoms. The van der Waals surface area contributed by atoms with Gasteiger partial charge in [0.15, 0.2) is 0 Å². The highest BCUT2D eigenvalue weighted by molar-refractivity contribution is 6.10. The Bertz CT molecular complexity index is 983. The number of ether oxygens (including phenoxy) is 3. The molecule has 0 saturated carbocycles. The van der Waals surface area contributed by atoms with E-state index in [1.165, 1.54) is 18.1 Å². The molecule has 0 radical (unpaired) electrons. The molecule has 1 aromatic carbocycles. The van der Waals surface area contributed by atoms with Gasteiger partial charge in [-0.2, -0.15) is 0 Å². The van der Waals surface area contributed by atoms with Crippen LogP contribution in [0.25, 0.3) is 0 Å². The van der Waals surface area contributed by atoms with Crippen LogP contribution in [0.15, 0.2) is 42.5 Å².